The van der Waals surface area contributed by atoms with Gasteiger partial charge < -0.3 is 15.1 Å². The molecule has 2 aromatic rings. The number of hydrogen-bond donors (Lipinski definition) is 1. The average Bonchev–Trinajstić information content (AvgIpc) is 2.73. The van der Waals surface area contributed by atoms with Crippen LogP contribution in [0.25, 0.3) is 0 Å². The van der Waals surface area contributed by atoms with Gasteiger partial charge in [-0.1, -0.05) is 6.07 Å². The Hall–Kier alpha value is -2.73. The Morgan fingerprint density at radius 3 is 2.68 bits per heavy atom. The monoisotopic (exact) mass is 380 g/mol. The molecule has 28 heavy (non-hydrogen) atoms. The molecule has 2 amide bonds. The van der Waals surface area contributed by atoms with E-state index in [2.05, 4.69) is 22.2 Å². The van der Waals surface area contributed by atoms with E-state index in [1.54, 1.807) is 24.3 Å². The quantitative estimate of drug-likeness (QED) is 0.780. The molecule has 1 unspecified atom stereocenters. The molecule has 6 heteroatoms. The van der Waals surface area contributed by atoms with Gasteiger partial charge in [-0.25, -0.2) is 4.79 Å². The van der Waals surface area contributed by atoms with Crippen molar-refractivity contribution in [3.63, 3.8) is 0 Å². The van der Waals surface area contributed by atoms with Crippen LogP contribution in [0.3, 0.4) is 0 Å². The molecule has 1 N–H and O–H groups in total. The van der Waals surface area contributed by atoms with Gasteiger partial charge in [0.15, 0.2) is 5.78 Å². The van der Waals surface area contributed by atoms with Crippen LogP contribution in [0.15, 0.2) is 48.7 Å². The summed E-state index contributed by atoms with van der Waals surface area (Å²) in [6.07, 6.45) is 4.82. The maximum Gasteiger partial charge on any atom is 0.321 e. The number of nitrogens with zero attached hydrogens (tertiary/aromatic N) is 3. The summed E-state index contributed by atoms with van der Waals surface area (Å²) in [5.74, 6) is 0.0190. The molecule has 1 aromatic carbocycles. The van der Waals surface area contributed by atoms with Gasteiger partial charge in [0, 0.05) is 55.2 Å². The number of amides is 2. The number of rotatable bonds is 6. The summed E-state index contributed by atoms with van der Waals surface area (Å²) in [6, 6.07) is 13.3. The molecule has 0 aliphatic carbocycles. The smallest absolute Gasteiger partial charge is 0.321 e. The van der Waals surface area contributed by atoms with Crippen molar-refractivity contribution in [3.05, 3.63) is 59.9 Å². The van der Waals surface area contributed by atoms with Crippen molar-refractivity contribution in [2.75, 3.05) is 32.0 Å². The number of carbonyl (C=O) groups is 2. The second kappa shape index (κ2) is 9.46. The van der Waals surface area contributed by atoms with Gasteiger partial charge in [0.2, 0.25) is 0 Å². The second-order valence-corrected chi connectivity index (χ2v) is 7.36. The summed E-state index contributed by atoms with van der Waals surface area (Å²) in [6.45, 7) is 3.94. The molecule has 0 bridgehead atoms. The number of likely N-dealkylation sites (tertiary alicyclic amines) is 1. The predicted octanol–water partition coefficient (Wildman–Crippen LogP) is 3.46. The first-order valence-corrected chi connectivity index (χ1v) is 9.80. The summed E-state index contributed by atoms with van der Waals surface area (Å²) in [7, 11) is 2.12. The Balaban J connectivity index is 1.51. The average molecular weight is 380 g/mol. The molecule has 1 atom stereocenters. The summed E-state index contributed by atoms with van der Waals surface area (Å²) >= 11 is 0. The Kier molecular flexibility index (Phi) is 6.76. The molecule has 1 aromatic heterocycles. The van der Waals surface area contributed by atoms with Gasteiger partial charge in [-0.05, 0) is 63.2 Å². The highest BCUT2D eigenvalue weighted by atomic mass is 16.2. The number of benzene rings is 1. The first-order valence-electron chi connectivity index (χ1n) is 9.80. The van der Waals surface area contributed by atoms with Crippen LogP contribution >= 0.6 is 0 Å². The summed E-state index contributed by atoms with van der Waals surface area (Å²) < 4.78 is 0. The molecule has 0 saturated carbocycles. The number of aromatic nitrogens is 1. The van der Waals surface area contributed by atoms with E-state index in [0.29, 0.717) is 17.3 Å². The fourth-order valence-corrected chi connectivity index (χ4v) is 3.51. The Labute approximate surface area is 166 Å². The lowest BCUT2D eigenvalue weighted by atomic mass is 10.0. The first-order chi connectivity index (χ1) is 13.5. The van der Waals surface area contributed by atoms with Crippen LogP contribution in [-0.2, 0) is 6.42 Å². The minimum Gasteiger partial charge on any atom is -0.323 e. The van der Waals surface area contributed by atoms with Gasteiger partial charge in [-0.3, -0.25) is 9.78 Å². The van der Waals surface area contributed by atoms with Crippen molar-refractivity contribution in [2.24, 2.45) is 0 Å². The van der Waals surface area contributed by atoms with Crippen molar-refractivity contribution in [2.45, 2.75) is 32.2 Å². The number of pyridine rings is 1. The van der Waals surface area contributed by atoms with Gasteiger partial charge in [0.1, 0.15) is 0 Å². The van der Waals surface area contributed by atoms with E-state index in [4.69, 9.17) is 0 Å². The number of ketones is 1. The topological polar surface area (TPSA) is 65.5 Å². The number of Topliss-reactive ketones (excluding diaryl/α,β-unsaturated/α-hetero) is 1. The maximum absolute atomic E-state index is 12.7. The van der Waals surface area contributed by atoms with E-state index in [0.717, 1.165) is 44.6 Å². The minimum atomic E-state index is -0.0848. The van der Waals surface area contributed by atoms with Crippen LogP contribution in [0.2, 0.25) is 0 Å². The van der Waals surface area contributed by atoms with E-state index in [1.165, 1.54) is 6.92 Å². The number of hydrogen-bond acceptors (Lipinski definition) is 4. The molecule has 2 heterocycles. The fourth-order valence-electron chi connectivity index (χ4n) is 3.51. The van der Waals surface area contributed by atoms with Crippen molar-refractivity contribution in [1.29, 1.82) is 0 Å². The highest BCUT2D eigenvalue weighted by molar-refractivity contribution is 5.95. The molecule has 1 fully saturated rings. The molecule has 148 valence electrons. The van der Waals surface area contributed by atoms with Crippen LogP contribution in [0.1, 0.15) is 35.8 Å². The number of anilines is 1. The lowest BCUT2D eigenvalue weighted by Crippen LogP contribution is -2.50. The van der Waals surface area contributed by atoms with Gasteiger partial charge >= 0.3 is 6.03 Å². The van der Waals surface area contributed by atoms with E-state index in [1.807, 2.05) is 29.3 Å². The minimum absolute atomic E-state index is 0.0190. The number of nitrogens with one attached hydrogen (secondary N) is 1. The Morgan fingerprint density at radius 2 is 2.00 bits per heavy atom. The largest absolute Gasteiger partial charge is 0.323 e. The van der Waals surface area contributed by atoms with E-state index < -0.39 is 0 Å². The van der Waals surface area contributed by atoms with Gasteiger partial charge in [-0.2, -0.15) is 0 Å². The van der Waals surface area contributed by atoms with Gasteiger partial charge in [0.25, 0.3) is 0 Å². The van der Waals surface area contributed by atoms with Crippen molar-refractivity contribution in [1.82, 2.24) is 14.8 Å². The fraction of sp³-hybridized carbons (Fsp3) is 0.409. The van der Waals surface area contributed by atoms with E-state index >= 15 is 0 Å². The summed E-state index contributed by atoms with van der Waals surface area (Å²) in [5, 5.41) is 2.94. The zero-order valence-corrected chi connectivity index (χ0v) is 16.6. The third kappa shape index (κ3) is 5.39. The number of carbonyl (C=O) groups excluding carboxylic acids is 2. The predicted molar refractivity (Wildman–Crippen MR) is 111 cm³/mol. The molecule has 3 rings (SSSR count). The summed E-state index contributed by atoms with van der Waals surface area (Å²) in [5.41, 5.74) is 2.44. The molecular weight excluding hydrogens is 352 g/mol. The van der Waals surface area contributed by atoms with E-state index in [-0.39, 0.29) is 11.8 Å². The summed E-state index contributed by atoms with van der Waals surface area (Å²) in [4.78, 5) is 32.6. The molecule has 1 aliphatic rings. The molecule has 1 saturated heterocycles. The van der Waals surface area contributed by atoms with E-state index in [9.17, 15) is 9.59 Å². The standard InChI is InChI=1S/C22H28N4O2/c1-17(27)18-8-10-20(11-9-18)24-22(28)26-14-5-7-21(16-26)25(2)15-12-19-6-3-4-13-23-19/h3-4,6,8-11,13,21H,5,7,12,14-16H2,1-2H3,(H,24,28). The Morgan fingerprint density at radius 1 is 1.21 bits per heavy atom. The zero-order valence-electron chi connectivity index (χ0n) is 16.6. The number of urea groups is 1. The molecule has 0 radical (unpaired) electrons. The van der Waals surface area contributed by atoms with Crippen LogP contribution < -0.4 is 5.32 Å². The Bertz CT molecular complexity index is 792. The second-order valence-electron chi connectivity index (χ2n) is 7.36. The highest BCUT2D eigenvalue weighted by Crippen LogP contribution is 2.17. The van der Waals surface area contributed by atoms with Crippen LogP contribution in [0.5, 0.6) is 0 Å². The third-order valence-electron chi connectivity index (χ3n) is 5.30. The van der Waals surface area contributed by atoms with Crippen LogP contribution in [-0.4, -0.2) is 59.3 Å². The molecule has 1 aliphatic heterocycles. The first kappa shape index (κ1) is 20.0. The van der Waals surface area contributed by atoms with Gasteiger partial charge in [0.05, 0.1) is 0 Å². The van der Waals surface area contributed by atoms with Crippen molar-refractivity contribution < 1.29 is 9.59 Å². The van der Waals surface area contributed by atoms with Crippen molar-refractivity contribution in [3.8, 4) is 0 Å². The molecule has 6 nitrogen and oxygen atoms in total. The lowest BCUT2D eigenvalue weighted by molar-refractivity contribution is 0.101. The van der Waals surface area contributed by atoms with Crippen LogP contribution in [0.4, 0.5) is 10.5 Å². The number of piperidine rings is 1. The highest BCUT2D eigenvalue weighted by Gasteiger charge is 2.26. The normalized spacial score (nSPS) is 16.8. The van der Waals surface area contributed by atoms with Crippen molar-refractivity contribution >= 4 is 17.5 Å². The zero-order chi connectivity index (χ0) is 19.9. The van der Waals surface area contributed by atoms with Crippen LogP contribution in [0, 0.1) is 0 Å². The SMILES string of the molecule is CC(=O)c1ccc(NC(=O)N2CCCC(N(C)CCc3ccccn3)C2)cc1. The number of likely N-dealkylation sites (N-methyl/N-ethyl adjacent to an activating group) is 1. The third-order valence-corrected chi connectivity index (χ3v) is 5.30. The lowest BCUT2D eigenvalue weighted by Gasteiger charge is -2.37. The molecular formula is C22H28N4O2. The molecule has 0 spiro atoms. The maximum atomic E-state index is 12.7. The van der Waals surface area contributed by atoms with Gasteiger partial charge in [-0.15, -0.1) is 0 Å².